The Balaban J connectivity index is 1.92. The van der Waals surface area contributed by atoms with Crippen molar-refractivity contribution in [2.45, 2.75) is 46.2 Å². The molecule has 1 amide bonds. The highest BCUT2D eigenvalue weighted by molar-refractivity contribution is 5.88. The van der Waals surface area contributed by atoms with E-state index in [0.29, 0.717) is 12.6 Å². The molecule has 0 heterocycles. The van der Waals surface area contributed by atoms with Crippen molar-refractivity contribution < 1.29 is 4.79 Å². The first-order valence-electron chi connectivity index (χ1n) is 9.52. The van der Waals surface area contributed by atoms with Gasteiger partial charge >= 0.3 is 0 Å². The lowest BCUT2D eigenvalue weighted by molar-refractivity contribution is -0.114. The Kier molecular flexibility index (Phi) is 8.36. The quantitative estimate of drug-likeness (QED) is 0.493. The highest BCUT2D eigenvalue weighted by atomic mass is 16.1. The van der Waals surface area contributed by atoms with E-state index in [1.54, 1.807) is 0 Å². The highest BCUT2D eigenvalue weighted by Gasteiger charge is 2.06. The molecule has 2 rings (SSSR count). The second-order valence-electron chi connectivity index (χ2n) is 6.65. The van der Waals surface area contributed by atoms with Gasteiger partial charge in [-0.1, -0.05) is 42.5 Å². The van der Waals surface area contributed by atoms with Crippen LogP contribution < -0.4 is 16.0 Å². The van der Waals surface area contributed by atoms with Crippen LogP contribution in [0.3, 0.4) is 0 Å². The predicted molar refractivity (Wildman–Crippen MR) is 113 cm³/mol. The molecule has 0 fully saturated rings. The number of hydrogen-bond acceptors (Lipinski definition) is 2. The van der Waals surface area contributed by atoms with Gasteiger partial charge in [-0.15, -0.1) is 0 Å². The minimum atomic E-state index is -0.0714. The van der Waals surface area contributed by atoms with Crippen molar-refractivity contribution in [3.05, 3.63) is 65.7 Å². The third kappa shape index (κ3) is 7.94. The normalized spacial score (nSPS) is 12.3. The fraction of sp³-hybridized carbons (Fsp3) is 0.364. The van der Waals surface area contributed by atoms with Gasteiger partial charge in [-0.3, -0.25) is 4.79 Å². The van der Waals surface area contributed by atoms with E-state index >= 15 is 0 Å². The van der Waals surface area contributed by atoms with Crippen molar-refractivity contribution in [2.24, 2.45) is 4.99 Å². The Labute approximate surface area is 162 Å². The summed E-state index contributed by atoms with van der Waals surface area (Å²) < 4.78 is 0. The number of anilines is 1. The Morgan fingerprint density at radius 1 is 1.07 bits per heavy atom. The lowest BCUT2D eigenvalue weighted by Crippen LogP contribution is -2.42. The molecule has 144 valence electrons. The average molecular weight is 367 g/mol. The van der Waals surface area contributed by atoms with E-state index in [9.17, 15) is 4.79 Å². The molecule has 0 spiro atoms. The SMILES string of the molecule is CCNC(=NCc1cccc(NC(C)=O)c1)NC(C)CCc1ccccc1. The first-order valence-corrected chi connectivity index (χ1v) is 9.52. The molecule has 5 heteroatoms. The van der Waals surface area contributed by atoms with Crippen LogP contribution >= 0.6 is 0 Å². The average Bonchev–Trinajstić information content (AvgIpc) is 2.65. The van der Waals surface area contributed by atoms with E-state index in [1.807, 2.05) is 30.3 Å². The van der Waals surface area contributed by atoms with Gasteiger partial charge in [0.15, 0.2) is 5.96 Å². The second kappa shape index (κ2) is 11.0. The molecular formula is C22H30N4O. The number of carbonyl (C=O) groups excluding carboxylic acids is 1. The molecule has 0 saturated heterocycles. The molecule has 0 aliphatic heterocycles. The van der Waals surface area contributed by atoms with E-state index in [-0.39, 0.29) is 5.91 Å². The Morgan fingerprint density at radius 2 is 1.81 bits per heavy atom. The fourth-order valence-electron chi connectivity index (χ4n) is 2.77. The van der Waals surface area contributed by atoms with Crippen LogP contribution in [0.2, 0.25) is 0 Å². The van der Waals surface area contributed by atoms with Gasteiger partial charge in [0.1, 0.15) is 0 Å². The van der Waals surface area contributed by atoms with Crippen LogP contribution in [-0.4, -0.2) is 24.5 Å². The first kappa shape index (κ1) is 20.5. The molecule has 0 aliphatic rings. The zero-order valence-corrected chi connectivity index (χ0v) is 16.5. The summed E-state index contributed by atoms with van der Waals surface area (Å²) in [5.41, 5.74) is 3.20. The molecule has 0 bridgehead atoms. The number of aliphatic imine (C=N–C) groups is 1. The topological polar surface area (TPSA) is 65.5 Å². The molecule has 0 radical (unpaired) electrons. The van der Waals surface area contributed by atoms with Crippen molar-refractivity contribution in [1.29, 1.82) is 0 Å². The van der Waals surface area contributed by atoms with Crippen LogP contribution in [0.4, 0.5) is 5.69 Å². The van der Waals surface area contributed by atoms with Crippen molar-refractivity contribution in [3.8, 4) is 0 Å². The molecule has 5 nitrogen and oxygen atoms in total. The number of guanidine groups is 1. The number of amides is 1. The van der Waals surface area contributed by atoms with Crippen LogP contribution in [0, 0.1) is 0 Å². The predicted octanol–water partition coefficient (Wildman–Crippen LogP) is 3.72. The van der Waals surface area contributed by atoms with Crippen molar-refractivity contribution in [2.75, 3.05) is 11.9 Å². The monoisotopic (exact) mass is 366 g/mol. The van der Waals surface area contributed by atoms with Crippen molar-refractivity contribution >= 4 is 17.6 Å². The fourth-order valence-corrected chi connectivity index (χ4v) is 2.77. The van der Waals surface area contributed by atoms with Gasteiger partial charge in [-0.05, 0) is 49.9 Å². The minimum absolute atomic E-state index is 0.0714. The number of nitrogens with zero attached hydrogens (tertiary/aromatic N) is 1. The number of rotatable bonds is 8. The number of benzene rings is 2. The molecule has 1 unspecified atom stereocenters. The van der Waals surface area contributed by atoms with Gasteiger partial charge in [-0.25, -0.2) is 4.99 Å². The van der Waals surface area contributed by atoms with Gasteiger partial charge in [0, 0.05) is 25.2 Å². The molecule has 27 heavy (non-hydrogen) atoms. The van der Waals surface area contributed by atoms with E-state index in [1.165, 1.54) is 12.5 Å². The summed E-state index contributed by atoms with van der Waals surface area (Å²) in [6.45, 7) is 7.10. The van der Waals surface area contributed by atoms with Gasteiger partial charge in [0.2, 0.25) is 5.91 Å². The smallest absolute Gasteiger partial charge is 0.221 e. The summed E-state index contributed by atoms with van der Waals surface area (Å²) >= 11 is 0. The minimum Gasteiger partial charge on any atom is -0.357 e. The second-order valence-corrected chi connectivity index (χ2v) is 6.65. The summed E-state index contributed by atoms with van der Waals surface area (Å²) in [5.74, 6) is 0.737. The Hall–Kier alpha value is -2.82. The lowest BCUT2D eigenvalue weighted by Gasteiger charge is -2.18. The summed E-state index contributed by atoms with van der Waals surface area (Å²) in [4.78, 5) is 15.9. The zero-order chi connectivity index (χ0) is 19.5. The molecule has 2 aromatic carbocycles. The maximum Gasteiger partial charge on any atom is 0.221 e. The summed E-state index contributed by atoms with van der Waals surface area (Å²) in [5, 5.41) is 9.58. The molecule has 0 saturated carbocycles. The molecule has 0 aromatic heterocycles. The van der Waals surface area contributed by atoms with Gasteiger partial charge in [0.05, 0.1) is 6.54 Å². The summed E-state index contributed by atoms with van der Waals surface area (Å²) in [7, 11) is 0. The van der Waals surface area contributed by atoms with Crippen molar-refractivity contribution in [3.63, 3.8) is 0 Å². The third-order valence-electron chi connectivity index (χ3n) is 4.10. The van der Waals surface area contributed by atoms with Gasteiger partial charge in [-0.2, -0.15) is 0 Å². The Morgan fingerprint density at radius 3 is 2.52 bits per heavy atom. The van der Waals surface area contributed by atoms with E-state index in [0.717, 1.165) is 36.6 Å². The standard InChI is InChI=1S/C22H30N4O/c1-4-23-22(25-17(2)13-14-19-9-6-5-7-10-19)24-16-20-11-8-12-21(15-20)26-18(3)27/h5-12,15,17H,4,13-14,16H2,1-3H3,(H,26,27)(H2,23,24,25). The first-order chi connectivity index (χ1) is 13.1. The van der Waals surface area contributed by atoms with Crippen LogP contribution in [0.1, 0.15) is 38.3 Å². The molecule has 1 atom stereocenters. The summed E-state index contributed by atoms with van der Waals surface area (Å²) in [6, 6.07) is 18.6. The highest BCUT2D eigenvalue weighted by Crippen LogP contribution is 2.11. The number of aryl methyl sites for hydroxylation is 1. The van der Waals surface area contributed by atoms with E-state index < -0.39 is 0 Å². The zero-order valence-electron chi connectivity index (χ0n) is 16.5. The van der Waals surface area contributed by atoms with E-state index in [4.69, 9.17) is 0 Å². The van der Waals surface area contributed by atoms with Gasteiger partial charge in [0.25, 0.3) is 0 Å². The van der Waals surface area contributed by atoms with Crippen molar-refractivity contribution in [1.82, 2.24) is 10.6 Å². The number of nitrogens with one attached hydrogen (secondary N) is 3. The molecule has 3 N–H and O–H groups in total. The van der Waals surface area contributed by atoms with Crippen LogP contribution in [-0.2, 0) is 17.8 Å². The number of carbonyl (C=O) groups is 1. The lowest BCUT2D eigenvalue weighted by atomic mass is 10.1. The van der Waals surface area contributed by atoms with Crippen LogP contribution in [0.25, 0.3) is 0 Å². The van der Waals surface area contributed by atoms with Gasteiger partial charge < -0.3 is 16.0 Å². The molecule has 0 aliphatic carbocycles. The summed E-state index contributed by atoms with van der Waals surface area (Å²) in [6.07, 6.45) is 2.07. The van der Waals surface area contributed by atoms with Crippen LogP contribution in [0.15, 0.2) is 59.6 Å². The molecular weight excluding hydrogens is 336 g/mol. The van der Waals surface area contributed by atoms with Crippen LogP contribution in [0.5, 0.6) is 0 Å². The van der Waals surface area contributed by atoms with E-state index in [2.05, 4.69) is 59.1 Å². The Bertz CT molecular complexity index is 743. The maximum absolute atomic E-state index is 11.2. The number of hydrogen-bond donors (Lipinski definition) is 3. The molecule has 2 aromatic rings. The third-order valence-corrected chi connectivity index (χ3v) is 4.10. The maximum atomic E-state index is 11.2. The largest absolute Gasteiger partial charge is 0.357 e.